The molecule has 2 heterocycles. The van der Waals surface area contributed by atoms with Crippen molar-refractivity contribution in [2.24, 2.45) is 17.6 Å². The van der Waals surface area contributed by atoms with Crippen LogP contribution in [0.25, 0.3) is 0 Å². The molecule has 2 fully saturated rings. The normalized spacial score (nSPS) is 20.4. The lowest BCUT2D eigenvalue weighted by Gasteiger charge is -2.37. The molecule has 0 aliphatic carbocycles. The molecule has 2 aliphatic heterocycles. The molecule has 1 aromatic carbocycles. The molecule has 11 heteroatoms. The van der Waals surface area contributed by atoms with Crippen LogP contribution in [-0.2, 0) is 19.2 Å². The summed E-state index contributed by atoms with van der Waals surface area (Å²) >= 11 is 0. The summed E-state index contributed by atoms with van der Waals surface area (Å²) in [6.45, 7) is 8.22. The van der Waals surface area contributed by atoms with Gasteiger partial charge in [0.05, 0.1) is 6.04 Å². The lowest BCUT2D eigenvalue weighted by molar-refractivity contribution is -0.152. The van der Waals surface area contributed by atoms with Crippen LogP contribution in [0.2, 0.25) is 0 Å². The number of rotatable bonds is 8. The van der Waals surface area contributed by atoms with E-state index >= 15 is 0 Å². The second-order valence-electron chi connectivity index (χ2n) is 11.0. The highest BCUT2D eigenvalue weighted by atomic mass is 35.5. The van der Waals surface area contributed by atoms with Gasteiger partial charge in [-0.2, -0.15) is 0 Å². The number of benzene rings is 1. The largest absolute Gasteiger partial charge is 0.332 e. The van der Waals surface area contributed by atoms with E-state index in [1.165, 1.54) is 9.80 Å². The Balaban J connectivity index is 0.00000533. The number of amides is 5. The molecule has 0 bridgehead atoms. The van der Waals surface area contributed by atoms with Gasteiger partial charge in [0.2, 0.25) is 23.6 Å². The van der Waals surface area contributed by atoms with Crippen molar-refractivity contribution in [1.82, 2.24) is 20.0 Å². The van der Waals surface area contributed by atoms with Crippen LogP contribution in [0.5, 0.6) is 0 Å². The molecule has 2 aliphatic rings. The minimum absolute atomic E-state index is 0. The van der Waals surface area contributed by atoms with Gasteiger partial charge in [-0.3, -0.25) is 29.3 Å². The highest BCUT2D eigenvalue weighted by Crippen LogP contribution is 2.27. The first-order chi connectivity index (χ1) is 18.0. The summed E-state index contributed by atoms with van der Waals surface area (Å²) in [5, 5.41) is 2.42. The first-order valence-corrected chi connectivity index (χ1v) is 13.5. The summed E-state index contributed by atoms with van der Waals surface area (Å²) in [5.74, 6) is -2.21. The predicted molar refractivity (Wildman–Crippen MR) is 150 cm³/mol. The highest BCUT2D eigenvalue weighted by Gasteiger charge is 2.45. The number of halogens is 1. The van der Waals surface area contributed by atoms with Crippen LogP contribution in [0.3, 0.4) is 0 Å². The van der Waals surface area contributed by atoms with Gasteiger partial charge in [-0.1, -0.05) is 45.9 Å². The van der Waals surface area contributed by atoms with Crippen molar-refractivity contribution in [3.63, 3.8) is 0 Å². The number of nitrogens with zero attached hydrogens (tertiary/aromatic N) is 3. The summed E-state index contributed by atoms with van der Waals surface area (Å²) in [7, 11) is 1.59. The zero-order valence-electron chi connectivity index (χ0n) is 23.5. The lowest BCUT2D eigenvalue weighted by Crippen LogP contribution is -2.59. The van der Waals surface area contributed by atoms with Gasteiger partial charge in [0.15, 0.2) is 0 Å². The Bertz CT molecular complexity index is 1050. The Morgan fingerprint density at radius 1 is 0.897 bits per heavy atom. The van der Waals surface area contributed by atoms with E-state index in [4.69, 9.17) is 5.73 Å². The van der Waals surface area contributed by atoms with E-state index in [0.29, 0.717) is 44.3 Å². The van der Waals surface area contributed by atoms with Crippen molar-refractivity contribution < 1.29 is 24.0 Å². The number of imide groups is 1. The standard InChI is InChI=1S/C28H41N5O5.ClH/c1-17(2)22(29)27(37)31(5)23(18(3)4)28(38)33-16-10-14-21(33)26(36)32-15-9-13-20(32)25(35)30-24(34)19-11-7-6-8-12-19;/h6-8,11-12,17-18,20-23H,9-10,13-16,29H2,1-5H3,(H,30,34,35);1H/t20-,21-,22-,23-;/m0./s1. The minimum Gasteiger partial charge on any atom is -0.332 e. The van der Waals surface area contributed by atoms with Gasteiger partial charge in [0.25, 0.3) is 5.91 Å². The second-order valence-corrected chi connectivity index (χ2v) is 11.0. The maximum atomic E-state index is 13.8. The zero-order chi connectivity index (χ0) is 28.1. The van der Waals surface area contributed by atoms with Crippen molar-refractivity contribution in [3.8, 4) is 0 Å². The van der Waals surface area contributed by atoms with Crippen molar-refractivity contribution in [2.45, 2.75) is 77.5 Å². The predicted octanol–water partition coefficient (Wildman–Crippen LogP) is 1.81. The van der Waals surface area contributed by atoms with E-state index in [1.807, 2.05) is 27.7 Å². The van der Waals surface area contributed by atoms with Gasteiger partial charge in [0, 0.05) is 25.7 Å². The molecule has 4 atom stereocenters. The molecule has 10 nitrogen and oxygen atoms in total. The Morgan fingerprint density at radius 2 is 1.46 bits per heavy atom. The molecule has 39 heavy (non-hydrogen) atoms. The van der Waals surface area contributed by atoms with E-state index in [2.05, 4.69) is 5.32 Å². The van der Waals surface area contributed by atoms with Crippen LogP contribution in [0.1, 0.15) is 63.7 Å². The maximum absolute atomic E-state index is 13.8. The summed E-state index contributed by atoms with van der Waals surface area (Å²) < 4.78 is 0. The Kier molecular flexibility index (Phi) is 11.5. The van der Waals surface area contributed by atoms with Gasteiger partial charge in [-0.15, -0.1) is 12.4 Å². The van der Waals surface area contributed by atoms with Gasteiger partial charge < -0.3 is 20.4 Å². The molecule has 0 aromatic heterocycles. The zero-order valence-corrected chi connectivity index (χ0v) is 24.3. The monoisotopic (exact) mass is 563 g/mol. The van der Waals surface area contributed by atoms with Crippen molar-refractivity contribution in [2.75, 3.05) is 20.1 Å². The molecule has 0 radical (unpaired) electrons. The molecule has 2 saturated heterocycles. The van der Waals surface area contributed by atoms with Crippen LogP contribution in [0.4, 0.5) is 0 Å². The topological polar surface area (TPSA) is 133 Å². The second kappa shape index (κ2) is 13.9. The number of hydrogen-bond acceptors (Lipinski definition) is 6. The third-order valence-electron chi connectivity index (χ3n) is 7.58. The third-order valence-corrected chi connectivity index (χ3v) is 7.58. The minimum atomic E-state index is -0.776. The Labute approximate surface area is 237 Å². The van der Waals surface area contributed by atoms with Crippen molar-refractivity contribution >= 4 is 41.9 Å². The van der Waals surface area contributed by atoms with Crippen LogP contribution in [-0.4, -0.2) is 88.5 Å². The molecule has 5 amide bonds. The third kappa shape index (κ3) is 7.16. The molecule has 3 N–H and O–H groups in total. The first-order valence-electron chi connectivity index (χ1n) is 13.5. The molecule has 0 saturated carbocycles. The van der Waals surface area contributed by atoms with Gasteiger partial charge in [0.1, 0.15) is 18.1 Å². The molecule has 3 rings (SSSR count). The summed E-state index contributed by atoms with van der Waals surface area (Å²) in [5.41, 5.74) is 6.45. The molecular formula is C28H42ClN5O5. The van der Waals surface area contributed by atoms with E-state index in [9.17, 15) is 24.0 Å². The van der Waals surface area contributed by atoms with E-state index in [1.54, 1.807) is 42.3 Å². The van der Waals surface area contributed by atoms with Gasteiger partial charge in [-0.05, 0) is 49.7 Å². The number of nitrogens with two attached hydrogens (primary N) is 1. The van der Waals surface area contributed by atoms with Gasteiger partial charge in [-0.25, -0.2) is 0 Å². The average Bonchev–Trinajstić information content (AvgIpc) is 3.58. The highest BCUT2D eigenvalue weighted by molar-refractivity contribution is 6.07. The molecule has 1 aromatic rings. The molecule has 0 spiro atoms. The number of nitrogens with one attached hydrogen (secondary N) is 1. The van der Waals surface area contributed by atoms with Crippen molar-refractivity contribution in [3.05, 3.63) is 35.9 Å². The number of carbonyl (C=O) groups is 5. The van der Waals surface area contributed by atoms with Gasteiger partial charge >= 0.3 is 0 Å². The maximum Gasteiger partial charge on any atom is 0.257 e. The molecule has 216 valence electrons. The number of hydrogen-bond donors (Lipinski definition) is 2. The average molecular weight is 564 g/mol. The van der Waals surface area contributed by atoms with Crippen LogP contribution in [0.15, 0.2) is 30.3 Å². The van der Waals surface area contributed by atoms with Crippen LogP contribution < -0.4 is 11.1 Å². The van der Waals surface area contributed by atoms with Crippen LogP contribution in [0, 0.1) is 11.8 Å². The SMILES string of the molecule is CC(C)[C@H](N)C(=O)N(C)[C@H](C(=O)N1CCC[C@H]1C(=O)N1CCC[C@H]1C(=O)NC(=O)c1ccccc1)C(C)C.Cl. The smallest absolute Gasteiger partial charge is 0.257 e. The quantitative estimate of drug-likeness (QED) is 0.463. The summed E-state index contributed by atoms with van der Waals surface area (Å²) in [6.07, 6.45) is 2.20. The number of likely N-dealkylation sites (tertiary alicyclic amines) is 2. The Hall–Kier alpha value is -2.98. The van der Waals surface area contributed by atoms with E-state index in [0.717, 1.165) is 0 Å². The summed E-state index contributed by atoms with van der Waals surface area (Å²) in [4.78, 5) is 70.4. The van der Waals surface area contributed by atoms with Crippen LogP contribution >= 0.6 is 12.4 Å². The van der Waals surface area contributed by atoms with Crippen molar-refractivity contribution in [1.29, 1.82) is 0 Å². The van der Waals surface area contributed by atoms with E-state index < -0.39 is 36.0 Å². The molecular weight excluding hydrogens is 522 g/mol. The number of likely N-dealkylation sites (N-methyl/N-ethyl adjacent to an activating group) is 1. The summed E-state index contributed by atoms with van der Waals surface area (Å²) in [6, 6.07) is 5.44. The first kappa shape index (κ1) is 32.2. The number of carbonyl (C=O) groups excluding carboxylic acids is 5. The fraction of sp³-hybridized carbons (Fsp3) is 0.607. The Morgan fingerprint density at radius 3 is 2.03 bits per heavy atom. The fourth-order valence-electron chi connectivity index (χ4n) is 5.36. The fourth-order valence-corrected chi connectivity index (χ4v) is 5.36. The molecule has 0 unspecified atom stereocenters. The van der Waals surface area contributed by atoms with E-state index in [-0.39, 0.29) is 42.0 Å². The lowest BCUT2D eigenvalue weighted by atomic mass is 9.97.